The van der Waals surface area contributed by atoms with Crippen molar-refractivity contribution >= 4 is 12.2 Å². The quantitative estimate of drug-likeness (QED) is 0.823. The molecule has 0 bridgehead atoms. The molecule has 1 unspecified atom stereocenters. The van der Waals surface area contributed by atoms with Gasteiger partial charge in [-0.25, -0.2) is 0 Å². The molecule has 5 heteroatoms. The molecule has 1 aromatic heterocycles. The van der Waals surface area contributed by atoms with Crippen molar-refractivity contribution in [2.45, 2.75) is 58.1 Å². The van der Waals surface area contributed by atoms with Crippen LogP contribution in [0.15, 0.2) is 0 Å². The van der Waals surface area contributed by atoms with E-state index in [0.717, 1.165) is 43.0 Å². The Balaban J connectivity index is 1.91. The van der Waals surface area contributed by atoms with Crippen LogP contribution in [-0.4, -0.2) is 27.5 Å². The summed E-state index contributed by atoms with van der Waals surface area (Å²) in [7, 11) is 0. The molecule has 1 aliphatic heterocycles. The molecule has 1 saturated heterocycles. The normalized spacial score (nSPS) is 20.6. The molecule has 4 nitrogen and oxygen atoms in total. The lowest BCUT2D eigenvalue weighted by atomic mass is 10.0. The Bertz CT molecular complexity index is 393. The van der Waals surface area contributed by atoms with Crippen LogP contribution in [0.1, 0.15) is 44.9 Å². The molecule has 1 aliphatic rings. The summed E-state index contributed by atoms with van der Waals surface area (Å²) in [6, 6.07) is 0. The van der Waals surface area contributed by atoms with Crippen LogP contribution in [0.2, 0.25) is 0 Å². The third-order valence-electron chi connectivity index (χ3n) is 3.25. The summed E-state index contributed by atoms with van der Waals surface area (Å²) < 4.78 is 8.58. The molecule has 1 fully saturated rings. The Morgan fingerprint density at radius 1 is 1.53 bits per heavy atom. The van der Waals surface area contributed by atoms with Gasteiger partial charge in [0.15, 0.2) is 4.77 Å². The molecule has 0 spiro atoms. The van der Waals surface area contributed by atoms with E-state index in [2.05, 4.69) is 21.7 Å². The minimum absolute atomic E-state index is 0.420. The van der Waals surface area contributed by atoms with Gasteiger partial charge in [0.1, 0.15) is 5.82 Å². The van der Waals surface area contributed by atoms with Gasteiger partial charge in [0, 0.05) is 19.6 Å². The summed E-state index contributed by atoms with van der Waals surface area (Å²) in [5, 5.41) is 7.19. The lowest BCUT2D eigenvalue weighted by Gasteiger charge is -2.22. The van der Waals surface area contributed by atoms with Crippen molar-refractivity contribution < 1.29 is 4.74 Å². The van der Waals surface area contributed by atoms with E-state index >= 15 is 0 Å². The zero-order valence-electron chi connectivity index (χ0n) is 10.4. The molecule has 96 valence electrons. The fourth-order valence-electron chi connectivity index (χ4n) is 2.32. The molecule has 1 aromatic rings. The monoisotopic (exact) mass is 255 g/mol. The van der Waals surface area contributed by atoms with Crippen molar-refractivity contribution in [1.29, 1.82) is 0 Å². The molecule has 1 N–H and O–H groups in total. The zero-order chi connectivity index (χ0) is 12.1. The van der Waals surface area contributed by atoms with Crippen molar-refractivity contribution in [3.05, 3.63) is 10.6 Å². The summed E-state index contributed by atoms with van der Waals surface area (Å²) in [5.74, 6) is 1.08. The van der Waals surface area contributed by atoms with E-state index in [0.29, 0.717) is 6.10 Å². The van der Waals surface area contributed by atoms with Gasteiger partial charge in [0.2, 0.25) is 0 Å². The van der Waals surface area contributed by atoms with Gasteiger partial charge >= 0.3 is 0 Å². The summed E-state index contributed by atoms with van der Waals surface area (Å²) in [6.07, 6.45) is 7.22. The molecule has 0 aliphatic carbocycles. The molecule has 2 rings (SSSR count). The summed E-state index contributed by atoms with van der Waals surface area (Å²) >= 11 is 5.22. The number of nitrogens with zero attached hydrogens (tertiary/aromatic N) is 2. The largest absolute Gasteiger partial charge is 0.378 e. The highest BCUT2D eigenvalue weighted by Crippen LogP contribution is 2.17. The van der Waals surface area contributed by atoms with E-state index in [9.17, 15) is 0 Å². The topological polar surface area (TPSA) is 42.8 Å². The number of ether oxygens (including phenoxy) is 1. The van der Waals surface area contributed by atoms with Gasteiger partial charge in [-0.2, -0.15) is 5.10 Å². The maximum absolute atomic E-state index is 5.73. The summed E-state index contributed by atoms with van der Waals surface area (Å²) in [5.41, 5.74) is 0. The van der Waals surface area contributed by atoms with Crippen molar-refractivity contribution in [1.82, 2.24) is 14.8 Å². The first-order valence-electron chi connectivity index (χ1n) is 6.57. The average Bonchev–Trinajstić information content (AvgIpc) is 2.70. The molecule has 0 radical (unpaired) electrons. The number of rotatable bonds is 5. The Labute approximate surface area is 107 Å². The highest BCUT2D eigenvalue weighted by molar-refractivity contribution is 7.71. The van der Waals surface area contributed by atoms with Crippen molar-refractivity contribution in [2.24, 2.45) is 0 Å². The van der Waals surface area contributed by atoms with Gasteiger partial charge in [-0.05, 0) is 44.3 Å². The van der Waals surface area contributed by atoms with Crippen molar-refractivity contribution in [2.75, 3.05) is 6.61 Å². The number of nitrogens with one attached hydrogen (secondary N) is 1. The van der Waals surface area contributed by atoms with Gasteiger partial charge in [0.25, 0.3) is 0 Å². The number of aryl methyl sites for hydroxylation is 1. The molecule has 0 amide bonds. The van der Waals surface area contributed by atoms with E-state index in [4.69, 9.17) is 17.0 Å². The van der Waals surface area contributed by atoms with Crippen LogP contribution in [0.3, 0.4) is 0 Å². The summed E-state index contributed by atoms with van der Waals surface area (Å²) in [4.78, 5) is 0. The summed E-state index contributed by atoms with van der Waals surface area (Å²) in [6.45, 7) is 4.03. The first-order valence-corrected chi connectivity index (χ1v) is 6.97. The minimum Gasteiger partial charge on any atom is -0.378 e. The number of H-pyrrole nitrogens is 1. The molecular formula is C12H21N3OS. The Hall–Kier alpha value is -0.680. The predicted molar refractivity (Wildman–Crippen MR) is 69.6 cm³/mol. The first kappa shape index (κ1) is 12.8. The van der Waals surface area contributed by atoms with Crippen molar-refractivity contribution in [3.63, 3.8) is 0 Å². The highest BCUT2D eigenvalue weighted by Gasteiger charge is 2.15. The number of hydrogen-bond acceptors (Lipinski definition) is 3. The van der Waals surface area contributed by atoms with Gasteiger partial charge in [0.05, 0.1) is 6.10 Å². The van der Waals surface area contributed by atoms with Crippen LogP contribution in [0, 0.1) is 4.77 Å². The maximum Gasteiger partial charge on any atom is 0.195 e. The number of aromatic amines is 1. The smallest absolute Gasteiger partial charge is 0.195 e. The van der Waals surface area contributed by atoms with Crippen LogP contribution in [0.5, 0.6) is 0 Å². The molecule has 1 atom stereocenters. The van der Waals surface area contributed by atoms with E-state index in [1.54, 1.807) is 0 Å². The van der Waals surface area contributed by atoms with E-state index < -0.39 is 0 Å². The maximum atomic E-state index is 5.73. The SMILES string of the molecule is CCCn1c(CCC2CCCCO2)n[nH]c1=S. The molecular weight excluding hydrogens is 234 g/mol. The van der Waals surface area contributed by atoms with Gasteiger partial charge in [-0.15, -0.1) is 0 Å². The Kier molecular flexibility index (Phi) is 4.74. The van der Waals surface area contributed by atoms with Gasteiger partial charge in [-0.1, -0.05) is 6.92 Å². The standard InChI is InChI=1S/C12H21N3OS/c1-2-8-15-11(13-14-12(15)17)7-6-10-5-3-4-9-16-10/h10H,2-9H2,1H3,(H,14,17). The van der Waals surface area contributed by atoms with E-state index in [-0.39, 0.29) is 0 Å². The van der Waals surface area contributed by atoms with Crippen LogP contribution in [-0.2, 0) is 17.7 Å². The Morgan fingerprint density at radius 2 is 2.41 bits per heavy atom. The van der Waals surface area contributed by atoms with Gasteiger partial charge < -0.3 is 9.30 Å². The highest BCUT2D eigenvalue weighted by atomic mass is 32.1. The zero-order valence-corrected chi connectivity index (χ0v) is 11.3. The number of aromatic nitrogens is 3. The van der Waals surface area contributed by atoms with Crippen molar-refractivity contribution in [3.8, 4) is 0 Å². The second-order valence-electron chi connectivity index (χ2n) is 4.62. The minimum atomic E-state index is 0.420. The molecule has 0 saturated carbocycles. The fraction of sp³-hybridized carbons (Fsp3) is 0.833. The predicted octanol–water partition coefficient (Wildman–Crippen LogP) is 2.85. The number of hydrogen-bond donors (Lipinski definition) is 1. The van der Waals surface area contributed by atoms with Crippen LogP contribution in [0.25, 0.3) is 0 Å². The average molecular weight is 255 g/mol. The second kappa shape index (κ2) is 6.31. The van der Waals surface area contributed by atoms with Crippen LogP contribution in [0.4, 0.5) is 0 Å². The second-order valence-corrected chi connectivity index (χ2v) is 5.01. The van der Waals surface area contributed by atoms with E-state index in [1.165, 1.54) is 19.3 Å². The third-order valence-corrected chi connectivity index (χ3v) is 3.56. The third kappa shape index (κ3) is 3.39. The fourth-order valence-corrected chi connectivity index (χ4v) is 2.56. The molecule has 0 aromatic carbocycles. The molecule has 17 heavy (non-hydrogen) atoms. The van der Waals surface area contributed by atoms with Crippen LogP contribution < -0.4 is 0 Å². The first-order chi connectivity index (χ1) is 8.31. The lowest BCUT2D eigenvalue weighted by Crippen LogP contribution is -2.20. The Morgan fingerprint density at radius 3 is 3.12 bits per heavy atom. The lowest BCUT2D eigenvalue weighted by molar-refractivity contribution is 0.0111. The van der Waals surface area contributed by atoms with Crippen LogP contribution >= 0.6 is 12.2 Å². The molecule has 2 heterocycles. The van der Waals surface area contributed by atoms with E-state index in [1.807, 2.05) is 0 Å². The van der Waals surface area contributed by atoms with Gasteiger partial charge in [-0.3, -0.25) is 5.10 Å².